The summed E-state index contributed by atoms with van der Waals surface area (Å²) in [6.07, 6.45) is 0. The number of rotatable bonds is 6. The third-order valence-electron chi connectivity index (χ3n) is 3.46. The number of amides is 1. The molecule has 0 aliphatic rings. The molecule has 2 aromatic carbocycles. The van der Waals surface area contributed by atoms with Crippen LogP contribution in [0.2, 0.25) is 5.02 Å². The van der Waals surface area contributed by atoms with Crippen LogP contribution in [0.3, 0.4) is 0 Å². The predicted octanol–water partition coefficient (Wildman–Crippen LogP) is 4.69. The zero-order chi connectivity index (χ0) is 16.8. The second-order valence-electron chi connectivity index (χ2n) is 5.15. The minimum absolute atomic E-state index is 0.0849. The van der Waals surface area contributed by atoms with Crippen LogP contribution in [-0.2, 0) is 4.79 Å². The first kappa shape index (κ1) is 16.6. The van der Waals surface area contributed by atoms with E-state index in [9.17, 15) is 4.79 Å². The molecular weight excluding hydrogens is 342 g/mol. The minimum atomic E-state index is -0.197. The molecule has 0 spiro atoms. The Bertz CT molecular complexity index is 790. The Morgan fingerprint density at radius 1 is 1.04 bits per heavy atom. The summed E-state index contributed by atoms with van der Waals surface area (Å²) >= 11 is 7.64. The zero-order valence-electron chi connectivity index (χ0n) is 12.8. The molecule has 0 radical (unpaired) electrons. The lowest BCUT2D eigenvalue weighted by molar-refractivity contribution is -0.123. The molecule has 1 aromatic heterocycles. The van der Waals surface area contributed by atoms with E-state index in [1.54, 1.807) is 23.5 Å². The van der Waals surface area contributed by atoms with Crippen LogP contribution < -0.4 is 10.1 Å². The number of carbonyl (C=O) groups is 1. The highest BCUT2D eigenvalue weighted by molar-refractivity contribution is 7.10. The Labute approximate surface area is 149 Å². The van der Waals surface area contributed by atoms with E-state index in [-0.39, 0.29) is 18.6 Å². The largest absolute Gasteiger partial charge is 0.482 e. The van der Waals surface area contributed by atoms with Crippen molar-refractivity contribution in [2.75, 3.05) is 6.61 Å². The molecule has 1 amide bonds. The highest BCUT2D eigenvalue weighted by Gasteiger charge is 2.18. The second kappa shape index (κ2) is 7.99. The molecule has 0 saturated heterocycles. The number of nitrogens with one attached hydrogen (secondary N) is 1. The first-order valence-electron chi connectivity index (χ1n) is 7.49. The molecule has 0 aliphatic carbocycles. The van der Waals surface area contributed by atoms with Crippen molar-refractivity contribution in [3.05, 3.63) is 87.6 Å². The number of thiophene rings is 1. The highest BCUT2D eigenvalue weighted by atomic mass is 35.5. The number of benzene rings is 2. The van der Waals surface area contributed by atoms with Crippen molar-refractivity contribution in [3.8, 4) is 5.75 Å². The summed E-state index contributed by atoms with van der Waals surface area (Å²) in [5.41, 5.74) is 1.03. The van der Waals surface area contributed by atoms with Crippen LogP contribution in [-0.4, -0.2) is 12.5 Å². The Hall–Kier alpha value is -2.30. The fourth-order valence-electron chi connectivity index (χ4n) is 2.33. The molecule has 0 saturated carbocycles. The monoisotopic (exact) mass is 357 g/mol. The molecular formula is C19H16ClNO2S. The van der Waals surface area contributed by atoms with Crippen LogP contribution in [0.1, 0.15) is 16.5 Å². The van der Waals surface area contributed by atoms with E-state index >= 15 is 0 Å². The molecule has 0 bridgehead atoms. The van der Waals surface area contributed by atoms with E-state index in [0.29, 0.717) is 10.8 Å². The summed E-state index contributed by atoms with van der Waals surface area (Å²) < 4.78 is 5.51. The van der Waals surface area contributed by atoms with Crippen molar-refractivity contribution < 1.29 is 9.53 Å². The average Bonchev–Trinajstić information content (AvgIpc) is 3.14. The normalized spacial score (nSPS) is 11.7. The average molecular weight is 358 g/mol. The van der Waals surface area contributed by atoms with Gasteiger partial charge in [-0.2, -0.15) is 0 Å². The van der Waals surface area contributed by atoms with Gasteiger partial charge in [-0.15, -0.1) is 11.3 Å². The fraction of sp³-hybridized carbons (Fsp3) is 0.105. The maximum atomic E-state index is 12.3. The van der Waals surface area contributed by atoms with Crippen molar-refractivity contribution in [2.45, 2.75) is 6.04 Å². The minimum Gasteiger partial charge on any atom is -0.482 e. The van der Waals surface area contributed by atoms with Crippen LogP contribution in [0.5, 0.6) is 5.75 Å². The van der Waals surface area contributed by atoms with Crippen molar-refractivity contribution in [1.29, 1.82) is 0 Å². The van der Waals surface area contributed by atoms with Crippen LogP contribution in [0, 0.1) is 0 Å². The smallest absolute Gasteiger partial charge is 0.258 e. The van der Waals surface area contributed by atoms with Gasteiger partial charge >= 0.3 is 0 Å². The van der Waals surface area contributed by atoms with E-state index in [1.165, 1.54) is 0 Å². The first-order chi connectivity index (χ1) is 11.7. The Morgan fingerprint density at radius 2 is 1.79 bits per heavy atom. The van der Waals surface area contributed by atoms with E-state index < -0.39 is 0 Å². The molecule has 0 fully saturated rings. The Balaban J connectivity index is 1.69. The third kappa shape index (κ3) is 4.16. The van der Waals surface area contributed by atoms with E-state index in [4.69, 9.17) is 16.3 Å². The zero-order valence-corrected chi connectivity index (χ0v) is 14.4. The number of halogens is 1. The topological polar surface area (TPSA) is 38.3 Å². The molecule has 1 unspecified atom stereocenters. The van der Waals surface area contributed by atoms with Gasteiger partial charge in [0.1, 0.15) is 5.75 Å². The molecule has 3 nitrogen and oxygen atoms in total. The summed E-state index contributed by atoms with van der Waals surface area (Å²) in [7, 11) is 0. The Kier molecular flexibility index (Phi) is 5.51. The van der Waals surface area contributed by atoms with Crippen LogP contribution in [0.4, 0.5) is 0 Å². The van der Waals surface area contributed by atoms with E-state index in [1.807, 2.05) is 60.0 Å². The van der Waals surface area contributed by atoms with E-state index in [0.717, 1.165) is 10.4 Å². The third-order valence-corrected chi connectivity index (χ3v) is 4.71. The molecule has 1 heterocycles. The van der Waals surface area contributed by atoms with Gasteiger partial charge in [-0.25, -0.2) is 0 Å². The number of carbonyl (C=O) groups excluding carboxylic acids is 1. The molecule has 3 rings (SSSR count). The standard InChI is InChI=1S/C19H16ClNO2S/c20-15-9-4-5-10-16(15)23-13-18(22)21-19(17-11-6-12-24-17)14-7-2-1-3-8-14/h1-12,19H,13H2,(H,21,22). The van der Waals surface area contributed by atoms with Crippen LogP contribution in [0.25, 0.3) is 0 Å². The van der Waals surface area contributed by atoms with Gasteiger partial charge in [-0.3, -0.25) is 4.79 Å². The van der Waals surface area contributed by atoms with Crippen molar-refractivity contribution in [1.82, 2.24) is 5.32 Å². The SMILES string of the molecule is O=C(COc1ccccc1Cl)NC(c1ccccc1)c1cccs1. The molecule has 5 heteroatoms. The maximum Gasteiger partial charge on any atom is 0.258 e. The molecule has 122 valence electrons. The van der Waals surface area contributed by atoms with Crippen LogP contribution in [0.15, 0.2) is 72.1 Å². The first-order valence-corrected chi connectivity index (χ1v) is 8.75. The van der Waals surface area contributed by atoms with Gasteiger partial charge in [0.15, 0.2) is 6.61 Å². The summed E-state index contributed by atoms with van der Waals surface area (Å²) in [5, 5.41) is 5.52. The predicted molar refractivity (Wildman–Crippen MR) is 97.7 cm³/mol. The lowest BCUT2D eigenvalue weighted by Crippen LogP contribution is -2.32. The lowest BCUT2D eigenvalue weighted by Gasteiger charge is -2.18. The number of hydrogen-bond donors (Lipinski definition) is 1. The maximum absolute atomic E-state index is 12.3. The van der Waals surface area contributed by atoms with Crippen LogP contribution >= 0.6 is 22.9 Å². The molecule has 24 heavy (non-hydrogen) atoms. The molecule has 1 atom stereocenters. The van der Waals surface area contributed by atoms with Gasteiger partial charge in [-0.1, -0.05) is 60.1 Å². The molecule has 1 N–H and O–H groups in total. The fourth-order valence-corrected chi connectivity index (χ4v) is 3.32. The summed E-state index contributed by atoms with van der Waals surface area (Å²) in [5.74, 6) is 0.305. The van der Waals surface area contributed by atoms with Gasteiger partial charge in [0.2, 0.25) is 0 Å². The Morgan fingerprint density at radius 3 is 2.50 bits per heavy atom. The van der Waals surface area contributed by atoms with Crippen molar-refractivity contribution in [2.24, 2.45) is 0 Å². The number of ether oxygens (including phenoxy) is 1. The van der Waals surface area contributed by atoms with Gasteiger partial charge in [0.05, 0.1) is 11.1 Å². The van der Waals surface area contributed by atoms with Gasteiger partial charge < -0.3 is 10.1 Å². The summed E-state index contributed by atoms with van der Waals surface area (Å²) in [4.78, 5) is 13.4. The van der Waals surface area contributed by atoms with Gasteiger partial charge in [0.25, 0.3) is 5.91 Å². The van der Waals surface area contributed by atoms with Gasteiger partial charge in [0, 0.05) is 4.88 Å². The summed E-state index contributed by atoms with van der Waals surface area (Å²) in [6.45, 7) is -0.0849. The van der Waals surface area contributed by atoms with Crippen molar-refractivity contribution >= 4 is 28.8 Å². The second-order valence-corrected chi connectivity index (χ2v) is 6.53. The summed E-state index contributed by atoms with van der Waals surface area (Å²) in [6, 6.07) is 20.8. The molecule has 0 aliphatic heterocycles. The quantitative estimate of drug-likeness (QED) is 0.695. The number of para-hydroxylation sites is 1. The van der Waals surface area contributed by atoms with Gasteiger partial charge in [-0.05, 0) is 29.1 Å². The lowest BCUT2D eigenvalue weighted by atomic mass is 10.1. The van der Waals surface area contributed by atoms with E-state index in [2.05, 4.69) is 5.32 Å². The highest BCUT2D eigenvalue weighted by Crippen LogP contribution is 2.26. The van der Waals surface area contributed by atoms with Crippen molar-refractivity contribution in [3.63, 3.8) is 0 Å². The number of hydrogen-bond acceptors (Lipinski definition) is 3. The molecule has 3 aromatic rings.